The van der Waals surface area contributed by atoms with Crippen LogP contribution in [-0.2, 0) is 11.2 Å². The zero-order valence-corrected chi connectivity index (χ0v) is 13.8. The number of β-amino-alcohol motifs (C(OH)–C–C–N with tert-alkyl or cyclic N) is 1. The topological polar surface area (TPSA) is 81.7 Å². The Morgan fingerprint density at radius 1 is 1.17 bits per heavy atom. The van der Waals surface area contributed by atoms with Crippen molar-refractivity contribution in [3.05, 3.63) is 35.9 Å². The lowest BCUT2D eigenvalue weighted by molar-refractivity contribution is -0.134. The van der Waals surface area contributed by atoms with Crippen LogP contribution in [0, 0.1) is 5.92 Å². The number of hydrogen-bond acceptors (Lipinski definition) is 4. The monoisotopic (exact) mass is 331 g/mol. The average molecular weight is 331 g/mol. The van der Waals surface area contributed by atoms with E-state index >= 15 is 0 Å². The smallest absolute Gasteiger partial charge is 0.325 e. The molecule has 0 aliphatic carbocycles. The van der Waals surface area contributed by atoms with Crippen LogP contribution in [-0.4, -0.2) is 53.7 Å². The van der Waals surface area contributed by atoms with Gasteiger partial charge in [0.15, 0.2) is 0 Å². The van der Waals surface area contributed by atoms with Gasteiger partial charge in [0.2, 0.25) is 0 Å². The van der Waals surface area contributed by atoms with Crippen LogP contribution in [0.3, 0.4) is 0 Å². The van der Waals surface area contributed by atoms with Crippen molar-refractivity contribution in [2.24, 2.45) is 5.92 Å². The highest BCUT2D eigenvalue weighted by molar-refractivity contribution is 6.07. The fourth-order valence-electron chi connectivity index (χ4n) is 3.90. The molecule has 2 heterocycles. The largest absolute Gasteiger partial charge is 0.395 e. The molecule has 3 N–H and O–H groups in total. The Morgan fingerprint density at radius 2 is 1.88 bits per heavy atom. The van der Waals surface area contributed by atoms with Gasteiger partial charge in [-0.25, -0.2) is 4.79 Å². The van der Waals surface area contributed by atoms with E-state index in [-0.39, 0.29) is 31.0 Å². The molecule has 6 heteroatoms. The molecule has 1 aromatic carbocycles. The molecule has 3 amide bonds. The molecule has 2 aliphatic heterocycles. The van der Waals surface area contributed by atoms with Gasteiger partial charge in [-0.3, -0.25) is 9.69 Å². The molecule has 0 saturated carbocycles. The Hall–Kier alpha value is -1.92. The Balaban J connectivity index is 1.84. The summed E-state index contributed by atoms with van der Waals surface area (Å²) in [4.78, 5) is 26.5. The van der Waals surface area contributed by atoms with Gasteiger partial charge in [-0.2, -0.15) is 0 Å². The number of nitrogens with zero attached hydrogens (tertiary/aromatic N) is 1. The first-order valence-corrected chi connectivity index (χ1v) is 8.67. The van der Waals surface area contributed by atoms with E-state index in [4.69, 9.17) is 5.11 Å². The number of nitrogens with one attached hydrogen (secondary N) is 2. The van der Waals surface area contributed by atoms with Crippen molar-refractivity contribution >= 4 is 11.9 Å². The van der Waals surface area contributed by atoms with Gasteiger partial charge in [-0.1, -0.05) is 30.3 Å². The first kappa shape index (κ1) is 16.9. The highest BCUT2D eigenvalue weighted by Gasteiger charge is 2.54. The maximum atomic E-state index is 13.1. The van der Waals surface area contributed by atoms with Crippen molar-refractivity contribution in [1.82, 2.24) is 15.5 Å². The minimum absolute atomic E-state index is 0.0583. The summed E-state index contributed by atoms with van der Waals surface area (Å²) < 4.78 is 0. The fraction of sp³-hybridized carbons (Fsp3) is 0.556. The second kappa shape index (κ2) is 7.32. The minimum Gasteiger partial charge on any atom is -0.395 e. The number of aryl methyl sites for hydroxylation is 1. The van der Waals surface area contributed by atoms with Gasteiger partial charge in [-0.15, -0.1) is 0 Å². The van der Waals surface area contributed by atoms with Gasteiger partial charge in [0.25, 0.3) is 5.91 Å². The van der Waals surface area contributed by atoms with Gasteiger partial charge >= 0.3 is 6.03 Å². The third-order valence-corrected chi connectivity index (χ3v) is 5.21. The number of amides is 3. The minimum atomic E-state index is -0.843. The second-order valence-electron chi connectivity index (χ2n) is 6.59. The molecule has 3 rings (SSSR count). The van der Waals surface area contributed by atoms with Crippen LogP contribution in [0.5, 0.6) is 0 Å². The van der Waals surface area contributed by atoms with Crippen molar-refractivity contribution in [3.63, 3.8) is 0 Å². The molecule has 0 unspecified atom stereocenters. The highest BCUT2D eigenvalue weighted by Crippen LogP contribution is 2.35. The lowest BCUT2D eigenvalue weighted by atomic mass is 9.74. The highest BCUT2D eigenvalue weighted by atomic mass is 16.3. The van der Waals surface area contributed by atoms with Crippen LogP contribution in [0.15, 0.2) is 30.3 Å². The van der Waals surface area contributed by atoms with Gasteiger partial charge in [0.05, 0.1) is 13.2 Å². The van der Waals surface area contributed by atoms with Crippen LogP contribution < -0.4 is 10.6 Å². The second-order valence-corrected chi connectivity index (χ2v) is 6.59. The van der Waals surface area contributed by atoms with E-state index in [2.05, 4.69) is 10.6 Å². The Bertz CT molecular complexity index is 586. The molecule has 2 aliphatic rings. The first-order valence-electron chi connectivity index (χ1n) is 8.67. The molecule has 1 atom stereocenters. The molecular weight excluding hydrogens is 306 g/mol. The summed E-state index contributed by atoms with van der Waals surface area (Å²) in [5.41, 5.74) is 0.318. The number of piperidine rings is 1. The summed E-state index contributed by atoms with van der Waals surface area (Å²) >= 11 is 0. The molecule has 0 spiro atoms. The number of carbonyl (C=O) groups excluding carboxylic acids is 2. The Labute approximate surface area is 142 Å². The molecule has 0 bridgehead atoms. The summed E-state index contributed by atoms with van der Waals surface area (Å²) in [7, 11) is 0. The van der Waals surface area contributed by atoms with E-state index < -0.39 is 5.54 Å². The third-order valence-electron chi connectivity index (χ3n) is 5.21. The van der Waals surface area contributed by atoms with E-state index in [1.54, 1.807) is 0 Å². The number of urea groups is 1. The average Bonchev–Trinajstić information content (AvgIpc) is 2.87. The van der Waals surface area contributed by atoms with E-state index in [1.807, 2.05) is 30.3 Å². The van der Waals surface area contributed by atoms with Crippen LogP contribution in [0.2, 0.25) is 0 Å². The lowest BCUT2D eigenvalue weighted by Gasteiger charge is -2.38. The molecule has 0 aromatic heterocycles. The summed E-state index contributed by atoms with van der Waals surface area (Å²) in [6.45, 7) is 1.57. The van der Waals surface area contributed by atoms with Gasteiger partial charge in [0.1, 0.15) is 5.54 Å². The molecule has 24 heavy (non-hydrogen) atoms. The molecule has 6 nitrogen and oxygen atoms in total. The van der Waals surface area contributed by atoms with Crippen molar-refractivity contribution < 1.29 is 14.7 Å². The molecule has 2 saturated heterocycles. The van der Waals surface area contributed by atoms with Crippen LogP contribution in [0.4, 0.5) is 4.79 Å². The lowest BCUT2D eigenvalue weighted by Crippen LogP contribution is -2.56. The Morgan fingerprint density at radius 3 is 2.54 bits per heavy atom. The maximum absolute atomic E-state index is 13.1. The summed E-state index contributed by atoms with van der Waals surface area (Å²) in [6, 6.07) is 9.66. The number of aliphatic hydroxyl groups is 1. The van der Waals surface area contributed by atoms with E-state index in [0.29, 0.717) is 6.42 Å². The quantitative estimate of drug-likeness (QED) is 0.677. The predicted molar refractivity (Wildman–Crippen MR) is 90.4 cm³/mol. The Kier molecular flexibility index (Phi) is 5.16. The standard InChI is InChI=1S/C18H25N3O3/c22-13-12-21-16(23)18(20-17(21)24,15-7-10-19-11-8-15)9-6-14-4-2-1-3-5-14/h1-5,15,19,22H,6-13H2,(H,20,24)/t18-/m0/s1. The van der Waals surface area contributed by atoms with Crippen molar-refractivity contribution in [2.75, 3.05) is 26.2 Å². The first-order chi connectivity index (χ1) is 11.7. The number of imide groups is 1. The normalized spacial score (nSPS) is 25.1. The molecule has 1 aromatic rings. The van der Waals surface area contributed by atoms with E-state index in [0.717, 1.165) is 37.9 Å². The molecule has 2 fully saturated rings. The van der Waals surface area contributed by atoms with Crippen LogP contribution in [0.25, 0.3) is 0 Å². The molecule has 0 radical (unpaired) electrons. The SMILES string of the molecule is O=C1N[C@@](CCc2ccccc2)(C2CCNCC2)C(=O)N1CCO. The molecular formula is C18H25N3O3. The number of aliphatic hydroxyl groups excluding tert-OH is 1. The number of carbonyl (C=O) groups is 2. The summed E-state index contributed by atoms with van der Waals surface area (Å²) in [6.07, 6.45) is 3.07. The van der Waals surface area contributed by atoms with Gasteiger partial charge in [0, 0.05) is 0 Å². The zero-order valence-electron chi connectivity index (χ0n) is 13.8. The van der Waals surface area contributed by atoms with Crippen LogP contribution in [0.1, 0.15) is 24.8 Å². The van der Waals surface area contributed by atoms with Crippen LogP contribution >= 0.6 is 0 Å². The number of hydrogen-bond donors (Lipinski definition) is 3. The predicted octanol–water partition coefficient (Wildman–Crippen LogP) is 0.902. The molecule has 130 valence electrons. The van der Waals surface area contributed by atoms with E-state index in [9.17, 15) is 9.59 Å². The number of rotatable bonds is 6. The van der Waals surface area contributed by atoms with Crippen molar-refractivity contribution in [3.8, 4) is 0 Å². The zero-order chi connectivity index (χ0) is 17.0. The fourth-order valence-corrected chi connectivity index (χ4v) is 3.90. The van der Waals surface area contributed by atoms with Gasteiger partial charge < -0.3 is 15.7 Å². The van der Waals surface area contributed by atoms with Gasteiger partial charge in [-0.05, 0) is 50.3 Å². The summed E-state index contributed by atoms with van der Waals surface area (Å²) in [5, 5.41) is 15.5. The third kappa shape index (κ3) is 3.16. The summed E-state index contributed by atoms with van der Waals surface area (Å²) in [5.74, 6) is -0.0491. The number of benzene rings is 1. The van der Waals surface area contributed by atoms with E-state index in [1.165, 1.54) is 4.90 Å². The maximum Gasteiger partial charge on any atom is 0.325 e. The van der Waals surface area contributed by atoms with Crippen molar-refractivity contribution in [2.45, 2.75) is 31.2 Å². The van der Waals surface area contributed by atoms with Crippen molar-refractivity contribution in [1.29, 1.82) is 0 Å².